The Morgan fingerprint density at radius 3 is 3.00 bits per heavy atom. The number of aromatic nitrogens is 3. The van der Waals surface area contributed by atoms with Crippen LogP contribution in [0.3, 0.4) is 0 Å². The summed E-state index contributed by atoms with van der Waals surface area (Å²) in [5.74, 6) is 0.978. The fourth-order valence-electron chi connectivity index (χ4n) is 2.45. The Kier molecular flexibility index (Phi) is 3.13. The average Bonchev–Trinajstić information content (AvgIpc) is 3.01. The van der Waals surface area contributed by atoms with Crippen molar-refractivity contribution in [3.63, 3.8) is 0 Å². The SMILES string of the molecule is Cc1cc([C@H]2CCCN2Cc2nnc(C)s2)on1. The summed E-state index contributed by atoms with van der Waals surface area (Å²) in [6, 6.07) is 2.38. The summed E-state index contributed by atoms with van der Waals surface area (Å²) in [6.45, 7) is 5.89. The van der Waals surface area contributed by atoms with Crippen molar-refractivity contribution in [2.75, 3.05) is 6.54 Å². The molecule has 3 rings (SSSR count). The van der Waals surface area contributed by atoms with Crippen molar-refractivity contribution in [3.8, 4) is 0 Å². The number of aryl methyl sites for hydroxylation is 2. The number of hydrogen-bond acceptors (Lipinski definition) is 6. The standard InChI is InChI=1S/C12H16N4OS/c1-8-6-11(17-15-8)10-4-3-5-16(10)7-12-14-13-9(2)18-12/h6,10H,3-5,7H2,1-2H3/t10-/m1/s1. The summed E-state index contributed by atoms with van der Waals surface area (Å²) < 4.78 is 5.40. The first-order valence-electron chi connectivity index (χ1n) is 6.18. The zero-order valence-corrected chi connectivity index (χ0v) is 11.4. The van der Waals surface area contributed by atoms with Crippen LogP contribution >= 0.6 is 11.3 Å². The molecule has 1 aliphatic rings. The van der Waals surface area contributed by atoms with Crippen LogP contribution in [0.5, 0.6) is 0 Å². The third-order valence-electron chi connectivity index (χ3n) is 3.24. The molecule has 0 N–H and O–H groups in total. The van der Waals surface area contributed by atoms with E-state index in [1.165, 1.54) is 6.42 Å². The molecule has 1 atom stereocenters. The van der Waals surface area contributed by atoms with Gasteiger partial charge in [0.1, 0.15) is 10.0 Å². The van der Waals surface area contributed by atoms with Gasteiger partial charge in [0.05, 0.1) is 18.3 Å². The van der Waals surface area contributed by atoms with Crippen LogP contribution in [0, 0.1) is 13.8 Å². The second kappa shape index (κ2) is 4.78. The van der Waals surface area contributed by atoms with Crippen molar-refractivity contribution in [2.45, 2.75) is 39.3 Å². The van der Waals surface area contributed by atoms with E-state index in [1.54, 1.807) is 11.3 Å². The van der Waals surface area contributed by atoms with E-state index in [4.69, 9.17) is 4.52 Å². The van der Waals surface area contributed by atoms with Crippen LogP contribution in [0.1, 0.15) is 40.4 Å². The first-order valence-corrected chi connectivity index (χ1v) is 7.00. The number of nitrogens with zero attached hydrogens (tertiary/aromatic N) is 4. The second-order valence-electron chi connectivity index (χ2n) is 4.71. The largest absolute Gasteiger partial charge is 0.359 e. The van der Waals surface area contributed by atoms with Crippen molar-refractivity contribution >= 4 is 11.3 Å². The Hall–Kier alpha value is -1.27. The quantitative estimate of drug-likeness (QED) is 0.852. The van der Waals surface area contributed by atoms with Gasteiger partial charge in [0.2, 0.25) is 0 Å². The Bertz CT molecular complexity index is 536. The molecule has 0 amide bonds. The van der Waals surface area contributed by atoms with Crippen LogP contribution in [0.15, 0.2) is 10.6 Å². The summed E-state index contributed by atoms with van der Waals surface area (Å²) in [7, 11) is 0. The van der Waals surface area contributed by atoms with Crippen molar-refractivity contribution in [3.05, 3.63) is 27.5 Å². The molecule has 1 aliphatic heterocycles. The second-order valence-corrected chi connectivity index (χ2v) is 5.98. The van der Waals surface area contributed by atoms with Crippen LogP contribution in [0.2, 0.25) is 0 Å². The van der Waals surface area contributed by atoms with Crippen LogP contribution < -0.4 is 0 Å². The van der Waals surface area contributed by atoms with Crippen LogP contribution in [0.25, 0.3) is 0 Å². The zero-order valence-electron chi connectivity index (χ0n) is 10.6. The smallest absolute Gasteiger partial charge is 0.154 e. The fourth-order valence-corrected chi connectivity index (χ4v) is 3.19. The third kappa shape index (κ3) is 2.30. The van der Waals surface area contributed by atoms with Gasteiger partial charge in [-0.3, -0.25) is 4.90 Å². The molecule has 96 valence electrons. The van der Waals surface area contributed by atoms with E-state index in [2.05, 4.69) is 20.3 Å². The maximum absolute atomic E-state index is 5.40. The monoisotopic (exact) mass is 264 g/mol. The van der Waals surface area contributed by atoms with Crippen molar-refractivity contribution in [1.29, 1.82) is 0 Å². The van der Waals surface area contributed by atoms with E-state index in [9.17, 15) is 0 Å². The van der Waals surface area contributed by atoms with Crippen molar-refractivity contribution < 1.29 is 4.52 Å². The summed E-state index contributed by atoms with van der Waals surface area (Å²) in [4.78, 5) is 2.40. The van der Waals surface area contributed by atoms with Crippen LogP contribution in [-0.4, -0.2) is 26.8 Å². The highest BCUT2D eigenvalue weighted by molar-refractivity contribution is 7.11. The van der Waals surface area contributed by atoms with Gasteiger partial charge in [0.15, 0.2) is 5.76 Å². The van der Waals surface area contributed by atoms with E-state index in [0.717, 1.165) is 41.0 Å². The van der Waals surface area contributed by atoms with E-state index < -0.39 is 0 Å². The topological polar surface area (TPSA) is 55.1 Å². The van der Waals surface area contributed by atoms with E-state index >= 15 is 0 Å². The first kappa shape index (κ1) is 11.8. The lowest BCUT2D eigenvalue weighted by atomic mass is 10.1. The molecule has 0 radical (unpaired) electrons. The molecule has 6 heteroatoms. The van der Waals surface area contributed by atoms with Gasteiger partial charge in [0.25, 0.3) is 0 Å². The van der Waals surface area contributed by atoms with Gasteiger partial charge < -0.3 is 4.52 Å². The van der Waals surface area contributed by atoms with E-state index in [1.807, 2.05) is 19.9 Å². The van der Waals surface area contributed by atoms with Gasteiger partial charge in [-0.2, -0.15) is 0 Å². The average molecular weight is 264 g/mol. The number of rotatable bonds is 3. The molecule has 2 aromatic rings. The molecule has 3 heterocycles. The Balaban J connectivity index is 1.75. The molecule has 0 saturated carbocycles. The van der Waals surface area contributed by atoms with E-state index in [0.29, 0.717) is 6.04 Å². The zero-order chi connectivity index (χ0) is 12.5. The highest BCUT2D eigenvalue weighted by Crippen LogP contribution is 2.33. The van der Waals surface area contributed by atoms with Gasteiger partial charge in [-0.15, -0.1) is 21.5 Å². The summed E-state index contributed by atoms with van der Waals surface area (Å²) in [5.41, 5.74) is 0.948. The molecule has 5 nitrogen and oxygen atoms in total. The van der Waals surface area contributed by atoms with Crippen LogP contribution in [0.4, 0.5) is 0 Å². The molecule has 1 fully saturated rings. The van der Waals surface area contributed by atoms with Crippen molar-refractivity contribution in [1.82, 2.24) is 20.3 Å². The molecule has 0 bridgehead atoms. The molecule has 0 unspecified atom stereocenters. The number of likely N-dealkylation sites (tertiary alicyclic amines) is 1. The maximum Gasteiger partial charge on any atom is 0.154 e. The lowest BCUT2D eigenvalue weighted by Gasteiger charge is -2.20. The molecule has 1 saturated heterocycles. The predicted octanol–water partition coefficient (Wildman–Crippen LogP) is 2.48. The van der Waals surface area contributed by atoms with Gasteiger partial charge in [-0.25, -0.2) is 0 Å². The highest BCUT2D eigenvalue weighted by atomic mass is 32.1. The Morgan fingerprint density at radius 1 is 1.44 bits per heavy atom. The van der Waals surface area contributed by atoms with Gasteiger partial charge in [-0.05, 0) is 33.2 Å². The molecule has 0 aromatic carbocycles. The number of hydrogen-bond donors (Lipinski definition) is 0. The molecule has 0 aliphatic carbocycles. The lowest BCUT2D eigenvalue weighted by Crippen LogP contribution is -2.22. The normalized spacial score (nSPS) is 20.7. The van der Waals surface area contributed by atoms with Crippen molar-refractivity contribution in [2.24, 2.45) is 0 Å². The molecule has 0 spiro atoms. The lowest BCUT2D eigenvalue weighted by molar-refractivity contribution is 0.206. The minimum atomic E-state index is 0.343. The summed E-state index contributed by atoms with van der Waals surface area (Å²) in [6.07, 6.45) is 2.33. The minimum absolute atomic E-state index is 0.343. The van der Waals surface area contributed by atoms with Gasteiger partial charge >= 0.3 is 0 Å². The molecular formula is C12H16N4OS. The van der Waals surface area contributed by atoms with Gasteiger partial charge in [0, 0.05) is 6.07 Å². The maximum atomic E-state index is 5.40. The molecular weight excluding hydrogens is 248 g/mol. The summed E-state index contributed by atoms with van der Waals surface area (Å²) in [5, 5.41) is 14.3. The van der Waals surface area contributed by atoms with Gasteiger partial charge in [-0.1, -0.05) is 5.16 Å². The Labute approximate surface area is 110 Å². The highest BCUT2D eigenvalue weighted by Gasteiger charge is 2.29. The summed E-state index contributed by atoms with van der Waals surface area (Å²) >= 11 is 1.67. The predicted molar refractivity (Wildman–Crippen MR) is 68.3 cm³/mol. The molecule has 18 heavy (non-hydrogen) atoms. The minimum Gasteiger partial charge on any atom is -0.359 e. The van der Waals surface area contributed by atoms with Crippen LogP contribution in [-0.2, 0) is 6.54 Å². The third-order valence-corrected chi connectivity index (χ3v) is 4.07. The molecule has 2 aromatic heterocycles. The fraction of sp³-hybridized carbons (Fsp3) is 0.583. The first-order chi connectivity index (χ1) is 8.72. The van der Waals surface area contributed by atoms with E-state index in [-0.39, 0.29) is 0 Å². The Morgan fingerprint density at radius 2 is 2.33 bits per heavy atom.